The number of nitrogens with one attached hydrogen (secondary N) is 1. The zero-order chi connectivity index (χ0) is 22.6. The first-order valence-electron chi connectivity index (χ1n) is 10.3. The molecule has 1 heterocycles. The molecule has 1 saturated heterocycles. The average molecular weight is 452 g/mol. The quantitative estimate of drug-likeness (QED) is 0.580. The Bertz CT molecular complexity index is 1160. The van der Waals surface area contributed by atoms with Crippen LogP contribution in [0.15, 0.2) is 83.8 Å². The molecule has 3 aromatic rings. The van der Waals surface area contributed by atoms with Crippen LogP contribution in [-0.4, -0.2) is 39.5 Å². The Balaban J connectivity index is 1.44. The number of hydrogen-bond acceptors (Lipinski definition) is 4. The molecule has 0 atom stereocenters. The summed E-state index contributed by atoms with van der Waals surface area (Å²) in [6.07, 6.45) is 0.851. The number of methoxy groups -OCH3 is 1. The van der Waals surface area contributed by atoms with Crippen molar-refractivity contribution in [2.75, 3.05) is 29.8 Å². The summed E-state index contributed by atoms with van der Waals surface area (Å²) >= 11 is 0. The second-order valence-corrected chi connectivity index (χ2v) is 9.21. The van der Waals surface area contributed by atoms with Gasteiger partial charge in [-0.05, 0) is 60.5 Å². The molecule has 0 spiro atoms. The molecule has 0 bridgehead atoms. The van der Waals surface area contributed by atoms with E-state index < -0.39 is 10.0 Å². The zero-order valence-corrected chi connectivity index (χ0v) is 18.6. The van der Waals surface area contributed by atoms with Crippen molar-refractivity contribution in [1.29, 1.82) is 0 Å². The summed E-state index contributed by atoms with van der Waals surface area (Å²) in [7, 11) is -2.03. The molecule has 32 heavy (non-hydrogen) atoms. The summed E-state index contributed by atoms with van der Waals surface area (Å²) in [5, 5.41) is 0. The van der Waals surface area contributed by atoms with Crippen LogP contribution in [0, 0.1) is 0 Å². The lowest BCUT2D eigenvalue weighted by Crippen LogP contribution is -2.49. The standard InChI is InChI=1S/C24H25N3O4S/c1-31-22-14-8-19(9-15-22)18-26-16-5-17-27(24(26)28)21-12-10-20(11-13-21)25-32(29,30)23-6-3-2-4-7-23/h2-4,6-15,25H,5,16-18H2,1H3. The highest BCUT2D eigenvalue weighted by Crippen LogP contribution is 2.25. The predicted octanol–water partition coefficient (Wildman–Crippen LogP) is 4.33. The van der Waals surface area contributed by atoms with E-state index in [9.17, 15) is 13.2 Å². The summed E-state index contributed by atoms with van der Waals surface area (Å²) in [6.45, 7) is 1.83. The molecule has 1 aliphatic heterocycles. The van der Waals surface area contributed by atoms with Gasteiger partial charge < -0.3 is 9.64 Å². The Hall–Kier alpha value is -3.52. The maximum atomic E-state index is 13.1. The van der Waals surface area contributed by atoms with Crippen molar-refractivity contribution in [3.05, 3.63) is 84.4 Å². The predicted molar refractivity (Wildman–Crippen MR) is 124 cm³/mol. The van der Waals surface area contributed by atoms with Crippen molar-refractivity contribution in [3.8, 4) is 5.75 Å². The van der Waals surface area contributed by atoms with Gasteiger partial charge in [0.25, 0.3) is 10.0 Å². The lowest BCUT2D eigenvalue weighted by Gasteiger charge is -2.35. The van der Waals surface area contributed by atoms with E-state index in [-0.39, 0.29) is 10.9 Å². The van der Waals surface area contributed by atoms with Crippen LogP contribution < -0.4 is 14.4 Å². The van der Waals surface area contributed by atoms with Gasteiger partial charge in [-0.3, -0.25) is 9.62 Å². The first-order valence-corrected chi connectivity index (χ1v) is 11.8. The number of benzene rings is 3. The van der Waals surface area contributed by atoms with Gasteiger partial charge in [-0.25, -0.2) is 13.2 Å². The number of carbonyl (C=O) groups is 1. The number of carbonyl (C=O) groups excluding carboxylic acids is 1. The Morgan fingerprint density at radius 2 is 1.59 bits per heavy atom. The Kier molecular flexibility index (Phi) is 6.32. The van der Waals surface area contributed by atoms with E-state index in [1.165, 1.54) is 0 Å². The highest BCUT2D eigenvalue weighted by atomic mass is 32.2. The van der Waals surface area contributed by atoms with Crippen molar-refractivity contribution >= 4 is 27.4 Å². The van der Waals surface area contributed by atoms with E-state index in [4.69, 9.17) is 4.74 Å². The van der Waals surface area contributed by atoms with Crippen molar-refractivity contribution < 1.29 is 17.9 Å². The average Bonchev–Trinajstić information content (AvgIpc) is 2.82. The SMILES string of the molecule is COc1ccc(CN2CCCN(c3ccc(NS(=O)(=O)c4ccccc4)cc3)C2=O)cc1. The molecule has 0 aromatic heterocycles. The molecule has 0 aliphatic carbocycles. The van der Waals surface area contributed by atoms with Crippen LogP contribution in [0.5, 0.6) is 5.75 Å². The number of urea groups is 1. The van der Waals surface area contributed by atoms with Gasteiger partial charge in [0.15, 0.2) is 0 Å². The third-order valence-electron chi connectivity index (χ3n) is 5.33. The van der Waals surface area contributed by atoms with Crippen LogP contribution in [-0.2, 0) is 16.6 Å². The fraction of sp³-hybridized carbons (Fsp3) is 0.208. The van der Waals surface area contributed by atoms with Gasteiger partial charge in [0.1, 0.15) is 5.75 Å². The van der Waals surface area contributed by atoms with Crippen LogP contribution >= 0.6 is 0 Å². The number of ether oxygens (including phenoxy) is 1. The van der Waals surface area contributed by atoms with Crippen molar-refractivity contribution in [3.63, 3.8) is 0 Å². The van der Waals surface area contributed by atoms with Gasteiger partial charge in [-0.2, -0.15) is 0 Å². The molecule has 1 aliphatic rings. The van der Waals surface area contributed by atoms with Crippen LogP contribution in [0.1, 0.15) is 12.0 Å². The summed E-state index contributed by atoms with van der Waals surface area (Å²) in [5.74, 6) is 0.781. The van der Waals surface area contributed by atoms with E-state index in [1.54, 1.807) is 66.6 Å². The number of amides is 2. The van der Waals surface area contributed by atoms with Crippen LogP contribution in [0.4, 0.5) is 16.2 Å². The number of sulfonamides is 1. The summed E-state index contributed by atoms with van der Waals surface area (Å²) in [4.78, 5) is 16.8. The lowest BCUT2D eigenvalue weighted by molar-refractivity contribution is 0.192. The molecule has 2 amide bonds. The van der Waals surface area contributed by atoms with Gasteiger partial charge in [0, 0.05) is 31.0 Å². The molecule has 166 valence electrons. The molecule has 0 unspecified atom stereocenters. The third-order valence-corrected chi connectivity index (χ3v) is 6.73. The van der Waals surface area contributed by atoms with Gasteiger partial charge in [0.2, 0.25) is 0 Å². The summed E-state index contributed by atoms with van der Waals surface area (Å²) in [6, 6.07) is 22.7. The van der Waals surface area contributed by atoms with E-state index >= 15 is 0 Å². The van der Waals surface area contributed by atoms with Crippen LogP contribution in [0.2, 0.25) is 0 Å². The number of nitrogens with zero attached hydrogens (tertiary/aromatic N) is 2. The van der Waals surface area contributed by atoms with Gasteiger partial charge in [-0.1, -0.05) is 30.3 Å². The van der Waals surface area contributed by atoms with Crippen LogP contribution in [0.3, 0.4) is 0 Å². The Morgan fingerprint density at radius 1 is 0.906 bits per heavy atom. The Labute approximate surface area is 188 Å². The molecule has 8 heteroatoms. The maximum absolute atomic E-state index is 13.1. The Morgan fingerprint density at radius 3 is 2.25 bits per heavy atom. The number of rotatable bonds is 7. The molecule has 0 saturated carbocycles. The second kappa shape index (κ2) is 9.32. The first-order chi connectivity index (χ1) is 15.5. The van der Waals surface area contributed by atoms with Crippen molar-refractivity contribution in [2.45, 2.75) is 17.9 Å². The number of anilines is 2. The molecular formula is C24H25N3O4S. The maximum Gasteiger partial charge on any atom is 0.324 e. The molecule has 3 aromatic carbocycles. The minimum Gasteiger partial charge on any atom is -0.497 e. The van der Waals surface area contributed by atoms with Crippen molar-refractivity contribution in [1.82, 2.24) is 4.90 Å². The fourth-order valence-electron chi connectivity index (χ4n) is 3.64. The summed E-state index contributed by atoms with van der Waals surface area (Å²) in [5.41, 5.74) is 2.21. The minimum absolute atomic E-state index is 0.0651. The molecule has 1 fully saturated rings. The minimum atomic E-state index is -3.66. The van der Waals surface area contributed by atoms with Gasteiger partial charge >= 0.3 is 6.03 Å². The van der Waals surface area contributed by atoms with Gasteiger partial charge in [0.05, 0.1) is 12.0 Å². The largest absolute Gasteiger partial charge is 0.497 e. The summed E-state index contributed by atoms with van der Waals surface area (Å²) < 4.78 is 32.8. The number of hydrogen-bond donors (Lipinski definition) is 1. The third kappa shape index (κ3) is 4.86. The molecule has 7 nitrogen and oxygen atoms in total. The second-order valence-electron chi connectivity index (χ2n) is 7.52. The van der Waals surface area contributed by atoms with E-state index in [2.05, 4.69) is 4.72 Å². The van der Waals surface area contributed by atoms with Gasteiger partial charge in [-0.15, -0.1) is 0 Å². The monoisotopic (exact) mass is 451 g/mol. The van der Waals surface area contributed by atoms with Crippen molar-refractivity contribution in [2.24, 2.45) is 0 Å². The highest BCUT2D eigenvalue weighted by Gasteiger charge is 2.27. The fourth-order valence-corrected chi connectivity index (χ4v) is 4.72. The first kappa shape index (κ1) is 21.7. The molecule has 1 N–H and O–H groups in total. The zero-order valence-electron chi connectivity index (χ0n) is 17.8. The lowest BCUT2D eigenvalue weighted by atomic mass is 10.1. The highest BCUT2D eigenvalue weighted by molar-refractivity contribution is 7.92. The topological polar surface area (TPSA) is 79.0 Å². The molecule has 0 radical (unpaired) electrons. The van der Waals surface area contributed by atoms with E-state index in [1.807, 2.05) is 29.2 Å². The van der Waals surface area contributed by atoms with E-state index in [0.717, 1.165) is 23.4 Å². The smallest absolute Gasteiger partial charge is 0.324 e. The normalized spacial score (nSPS) is 14.3. The molecule has 4 rings (SSSR count). The van der Waals surface area contributed by atoms with E-state index in [0.29, 0.717) is 25.3 Å². The molecular weight excluding hydrogens is 426 g/mol. The van der Waals surface area contributed by atoms with Crippen LogP contribution in [0.25, 0.3) is 0 Å².